The number of hydrogen-bond donors (Lipinski definition) is 3. The molecule has 0 radical (unpaired) electrons. The number of urea groups is 1. The second kappa shape index (κ2) is 6.69. The monoisotopic (exact) mass is 297 g/mol. The van der Waals surface area contributed by atoms with Crippen molar-refractivity contribution >= 4 is 23.3 Å². The number of carbonyl (C=O) groups excluding carboxylic acids is 1. The molecule has 0 aliphatic heterocycles. The van der Waals surface area contributed by atoms with Crippen molar-refractivity contribution in [2.45, 2.75) is 44.1 Å². The molecule has 1 aliphatic carbocycles. The van der Waals surface area contributed by atoms with Crippen molar-refractivity contribution in [3.05, 3.63) is 16.6 Å². The first-order valence-electron chi connectivity index (χ1n) is 6.75. The van der Waals surface area contributed by atoms with E-state index in [4.69, 9.17) is 5.11 Å². The van der Waals surface area contributed by atoms with Crippen LogP contribution in [0.1, 0.15) is 37.8 Å². The highest BCUT2D eigenvalue weighted by atomic mass is 32.1. The molecule has 0 bridgehead atoms. The third kappa shape index (κ3) is 4.19. The van der Waals surface area contributed by atoms with Gasteiger partial charge in [-0.25, -0.2) is 9.78 Å². The summed E-state index contributed by atoms with van der Waals surface area (Å²) in [5.74, 6) is -0.866. The molecule has 1 heterocycles. The van der Waals surface area contributed by atoms with E-state index in [1.807, 2.05) is 5.38 Å². The minimum Gasteiger partial charge on any atom is -0.481 e. The van der Waals surface area contributed by atoms with Gasteiger partial charge in [0.1, 0.15) is 0 Å². The van der Waals surface area contributed by atoms with Crippen LogP contribution in [0.3, 0.4) is 0 Å². The Bertz CT molecular complexity index is 455. The van der Waals surface area contributed by atoms with Gasteiger partial charge < -0.3 is 15.7 Å². The molecule has 0 atom stereocenters. The molecule has 1 fully saturated rings. The Labute approximate surface area is 121 Å². The van der Waals surface area contributed by atoms with Gasteiger partial charge in [0.2, 0.25) is 0 Å². The fraction of sp³-hybridized carbons (Fsp3) is 0.615. The number of nitrogens with one attached hydrogen (secondary N) is 2. The zero-order valence-corrected chi connectivity index (χ0v) is 12.0. The number of nitrogens with zero attached hydrogens (tertiary/aromatic N) is 1. The third-order valence-corrected chi connectivity index (χ3v) is 4.21. The summed E-state index contributed by atoms with van der Waals surface area (Å²) in [5, 5.41) is 16.5. The molecule has 1 saturated carbocycles. The standard InChI is InChI=1S/C13H19N3O3S/c17-11(18)7-13(4-1-2-5-13)16-12(19)14-6-3-10-8-20-9-15-10/h8-9H,1-7H2,(H,17,18)(H2,14,16,19). The molecule has 20 heavy (non-hydrogen) atoms. The maximum absolute atomic E-state index is 11.9. The lowest BCUT2D eigenvalue weighted by atomic mass is 9.93. The van der Waals surface area contributed by atoms with E-state index in [-0.39, 0.29) is 12.5 Å². The minimum atomic E-state index is -0.866. The van der Waals surface area contributed by atoms with E-state index < -0.39 is 11.5 Å². The zero-order valence-electron chi connectivity index (χ0n) is 11.2. The van der Waals surface area contributed by atoms with E-state index in [2.05, 4.69) is 15.6 Å². The van der Waals surface area contributed by atoms with Gasteiger partial charge in [-0.05, 0) is 12.8 Å². The third-order valence-electron chi connectivity index (χ3n) is 3.58. The first-order chi connectivity index (χ1) is 9.60. The van der Waals surface area contributed by atoms with Gasteiger partial charge >= 0.3 is 12.0 Å². The molecule has 1 aromatic rings. The van der Waals surface area contributed by atoms with Crippen LogP contribution in [0.25, 0.3) is 0 Å². The Morgan fingerprint density at radius 1 is 1.40 bits per heavy atom. The molecule has 7 heteroatoms. The molecule has 110 valence electrons. The highest BCUT2D eigenvalue weighted by Gasteiger charge is 2.37. The van der Waals surface area contributed by atoms with Crippen molar-refractivity contribution < 1.29 is 14.7 Å². The van der Waals surface area contributed by atoms with Crippen LogP contribution >= 0.6 is 11.3 Å². The summed E-state index contributed by atoms with van der Waals surface area (Å²) in [7, 11) is 0. The first-order valence-corrected chi connectivity index (χ1v) is 7.69. The highest BCUT2D eigenvalue weighted by molar-refractivity contribution is 7.07. The Balaban J connectivity index is 1.78. The van der Waals surface area contributed by atoms with Crippen LogP contribution in [0.15, 0.2) is 10.9 Å². The number of carboxylic acids is 1. The largest absolute Gasteiger partial charge is 0.481 e. The molecule has 0 unspecified atom stereocenters. The van der Waals surface area contributed by atoms with E-state index in [1.54, 1.807) is 5.51 Å². The lowest BCUT2D eigenvalue weighted by Crippen LogP contribution is -2.51. The number of carboxylic acid groups (broad SMARTS) is 1. The number of rotatable bonds is 6. The summed E-state index contributed by atoms with van der Waals surface area (Å²) in [6.07, 6.45) is 4.08. The Morgan fingerprint density at radius 2 is 2.15 bits per heavy atom. The van der Waals surface area contributed by atoms with Crippen LogP contribution < -0.4 is 10.6 Å². The Hall–Kier alpha value is -1.63. The average Bonchev–Trinajstić information content (AvgIpc) is 3.00. The van der Waals surface area contributed by atoms with Crippen molar-refractivity contribution in [1.82, 2.24) is 15.6 Å². The van der Waals surface area contributed by atoms with Gasteiger partial charge in [-0.15, -0.1) is 11.3 Å². The van der Waals surface area contributed by atoms with Gasteiger partial charge in [-0.2, -0.15) is 0 Å². The molecular weight excluding hydrogens is 278 g/mol. The molecule has 1 aliphatic rings. The maximum Gasteiger partial charge on any atom is 0.315 e. The number of amides is 2. The zero-order chi connectivity index (χ0) is 14.4. The van der Waals surface area contributed by atoms with Crippen LogP contribution in [0.4, 0.5) is 4.79 Å². The smallest absolute Gasteiger partial charge is 0.315 e. The second-order valence-electron chi connectivity index (χ2n) is 5.17. The van der Waals surface area contributed by atoms with Gasteiger partial charge in [0.25, 0.3) is 0 Å². The molecule has 6 nitrogen and oxygen atoms in total. The number of carbonyl (C=O) groups is 2. The topological polar surface area (TPSA) is 91.3 Å². The van der Waals surface area contributed by atoms with Gasteiger partial charge in [0.05, 0.1) is 23.2 Å². The summed E-state index contributed by atoms with van der Waals surface area (Å²) in [4.78, 5) is 27.0. The lowest BCUT2D eigenvalue weighted by Gasteiger charge is -2.28. The molecule has 3 N–H and O–H groups in total. The predicted molar refractivity (Wildman–Crippen MR) is 75.8 cm³/mol. The van der Waals surface area contributed by atoms with E-state index >= 15 is 0 Å². The van der Waals surface area contributed by atoms with Crippen molar-refractivity contribution in [1.29, 1.82) is 0 Å². The fourth-order valence-corrected chi connectivity index (χ4v) is 3.23. The summed E-state index contributed by atoms with van der Waals surface area (Å²) < 4.78 is 0. The quantitative estimate of drug-likeness (QED) is 0.746. The number of thiazole rings is 1. The van der Waals surface area contributed by atoms with Gasteiger partial charge in [0.15, 0.2) is 0 Å². The molecule has 0 aromatic carbocycles. The first kappa shape index (κ1) is 14.8. The lowest BCUT2D eigenvalue weighted by molar-refractivity contribution is -0.138. The van der Waals surface area contributed by atoms with Crippen molar-refractivity contribution in [2.24, 2.45) is 0 Å². The summed E-state index contributed by atoms with van der Waals surface area (Å²) >= 11 is 1.53. The molecular formula is C13H19N3O3S. The van der Waals surface area contributed by atoms with Gasteiger partial charge in [-0.1, -0.05) is 12.8 Å². The SMILES string of the molecule is O=C(O)CC1(NC(=O)NCCc2cscn2)CCCC1. The number of hydrogen-bond acceptors (Lipinski definition) is 4. The Kier molecular flexibility index (Phi) is 4.94. The predicted octanol–water partition coefficient (Wildman–Crippen LogP) is 1.77. The number of aliphatic carboxylic acids is 1. The van der Waals surface area contributed by atoms with Crippen molar-refractivity contribution in [3.8, 4) is 0 Å². The van der Waals surface area contributed by atoms with Gasteiger partial charge in [0, 0.05) is 18.3 Å². The van der Waals surface area contributed by atoms with E-state index in [1.165, 1.54) is 11.3 Å². The van der Waals surface area contributed by atoms with E-state index in [0.29, 0.717) is 13.0 Å². The fourth-order valence-electron chi connectivity index (χ4n) is 2.64. The average molecular weight is 297 g/mol. The number of aromatic nitrogens is 1. The highest BCUT2D eigenvalue weighted by Crippen LogP contribution is 2.32. The minimum absolute atomic E-state index is 0.00743. The molecule has 2 amide bonds. The Morgan fingerprint density at radius 3 is 2.75 bits per heavy atom. The summed E-state index contributed by atoms with van der Waals surface area (Å²) in [6.45, 7) is 0.499. The second-order valence-corrected chi connectivity index (χ2v) is 5.89. The van der Waals surface area contributed by atoms with Crippen LogP contribution in [-0.4, -0.2) is 34.2 Å². The molecule has 0 spiro atoms. The van der Waals surface area contributed by atoms with E-state index in [0.717, 1.165) is 31.4 Å². The molecule has 0 saturated heterocycles. The maximum atomic E-state index is 11.9. The van der Waals surface area contributed by atoms with Crippen molar-refractivity contribution in [2.75, 3.05) is 6.54 Å². The summed E-state index contributed by atoms with van der Waals surface area (Å²) in [6, 6.07) is -0.289. The molecule has 2 rings (SSSR count). The normalized spacial score (nSPS) is 16.8. The van der Waals surface area contributed by atoms with Crippen molar-refractivity contribution in [3.63, 3.8) is 0 Å². The summed E-state index contributed by atoms with van der Waals surface area (Å²) in [5.41, 5.74) is 2.14. The molecule has 1 aromatic heterocycles. The van der Waals surface area contributed by atoms with Crippen LogP contribution in [-0.2, 0) is 11.2 Å². The van der Waals surface area contributed by atoms with Crippen LogP contribution in [0, 0.1) is 0 Å². The van der Waals surface area contributed by atoms with Crippen LogP contribution in [0.5, 0.6) is 0 Å². The van der Waals surface area contributed by atoms with E-state index in [9.17, 15) is 9.59 Å². The van der Waals surface area contributed by atoms with Crippen LogP contribution in [0.2, 0.25) is 0 Å². The van der Waals surface area contributed by atoms with Gasteiger partial charge in [-0.3, -0.25) is 4.79 Å².